The summed E-state index contributed by atoms with van der Waals surface area (Å²) in [4.78, 5) is 0. The van der Waals surface area contributed by atoms with Crippen molar-refractivity contribution >= 4 is 0 Å². The van der Waals surface area contributed by atoms with Gasteiger partial charge in [-0.2, -0.15) is 0 Å². The molecule has 0 amide bonds. The third-order valence-corrected chi connectivity index (χ3v) is 3.40. The molecule has 2 saturated heterocycles. The molecule has 2 aliphatic heterocycles. The molecule has 2 fully saturated rings. The van der Waals surface area contributed by atoms with Gasteiger partial charge in [0.25, 0.3) is 0 Å². The lowest BCUT2D eigenvalue weighted by atomic mass is 9.89. The molecule has 2 heterocycles. The number of ether oxygens (including phenoxy) is 2. The van der Waals surface area contributed by atoms with Crippen LogP contribution in [0.1, 0.15) is 32.1 Å². The van der Waals surface area contributed by atoms with Crippen LogP contribution in [0.5, 0.6) is 0 Å². The van der Waals surface area contributed by atoms with Crippen LogP contribution in [0.2, 0.25) is 0 Å². The first-order chi connectivity index (χ1) is 7.68. The highest BCUT2D eigenvalue weighted by Gasteiger charge is 2.50. The minimum atomic E-state index is -1.05. The normalized spacial score (nSPS) is 44.8. The molecule has 3 unspecified atom stereocenters. The summed E-state index contributed by atoms with van der Waals surface area (Å²) in [5.41, 5.74) is 0. The van der Waals surface area contributed by atoms with Crippen molar-refractivity contribution in [2.75, 3.05) is 13.2 Å². The van der Waals surface area contributed by atoms with E-state index in [1.165, 1.54) is 0 Å². The summed E-state index contributed by atoms with van der Waals surface area (Å²) in [5.74, 6) is -1.05. The maximum absolute atomic E-state index is 9.98. The molecule has 16 heavy (non-hydrogen) atoms. The highest BCUT2D eigenvalue weighted by Crippen LogP contribution is 2.38. The number of hydrogen-bond acceptors (Lipinski definition) is 5. The zero-order chi connectivity index (χ0) is 11.6. The summed E-state index contributed by atoms with van der Waals surface area (Å²) in [6.45, 7) is 0.569. The van der Waals surface area contributed by atoms with Crippen LogP contribution in [-0.2, 0) is 9.47 Å². The number of aliphatic hydroxyl groups is 3. The molecule has 0 bridgehead atoms. The van der Waals surface area contributed by atoms with Crippen molar-refractivity contribution in [1.29, 1.82) is 0 Å². The van der Waals surface area contributed by atoms with Gasteiger partial charge in [0.2, 0.25) is 0 Å². The Labute approximate surface area is 95.0 Å². The fraction of sp³-hybridized carbons (Fsp3) is 1.00. The van der Waals surface area contributed by atoms with Crippen molar-refractivity contribution < 1.29 is 24.8 Å². The van der Waals surface area contributed by atoms with Crippen molar-refractivity contribution in [1.82, 2.24) is 0 Å². The lowest BCUT2D eigenvalue weighted by molar-refractivity contribution is -0.352. The van der Waals surface area contributed by atoms with Crippen LogP contribution in [0.4, 0.5) is 0 Å². The van der Waals surface area contributed by atoms with Crippen LogP contribution in [0.25, 0.3) is 0 Å². The van der Waals surface area contributed by atoms with Crippen LogP contribution in [0.15, 0.2) is 0 Å². The molecular formula is C11H20O5. The first-order valence-electron chi connectivity index (χ1n) is 5.97. The van der Waals surface area contributed by atoms with E-state index in [0.29, 0.717) is 25.9 Å². The van der Waals surface area contributed by atoms with Crippen LogP contribution >= 0.6 is 0 Å². The SMILES string of the molecule is OCCC1CC(O)C(O)[C@@]2(CCCCO2)O1. The molecule has 0 saturated carbocycles. The molecule has 5 heteroatoms. The van der Waals surface area contributed by atoms with Gasteiger partial charge in [0.1, 0.15) is 6.10 Å². The van der Waals surface area contributed by atoms with E-state index in [1.54, 1.807) is 0 Å². The maximum Gasteiger partial charge on any atom is 0.197 e. The molecule has 0 aliphatic carbocycles. The van der Waals surface area contributed by atoms with Gasteiger partial charge in [0.05, 0.1) is 18.8 Å². The van der Waals surface area contributed by atoms with Gasteiger partial charge in [-0.3, -0.25) is 0 Å². The Hall–Kier alpha value is -0.200. The Kier molecular flexibility index (Phi) is 3.81. The quantitative estimate of drug-likeness (QED) is 0.613. The fourth-order valence-corrected chi connectivity index (χ4v) is 2.53. The Morgan fingerprint density at radius 2 is 2.06 bits per heavy atom. The van der Waals surface area contributed by atoms with E-state index in [4.69, 9.17) is 14.6 Å². The lowest BCUT2D eigenvalue weighted by Gasteiger charge is -2.48. The second-order valence-electron chi connectivity index (χ2n) is 4.62. The van der Waals surface area contributed by atoms with Crippen LogP contribution in [-0.4, -0.2) is 52.6 Å². The standard InChI is InChI=1S/C11H20O5/c12-5-3-8-7-9(13)10(14)11(16-8)4-1-2-6-15-11/h8-10,12-14H,1-7H2/t8?,9?,10?,11-/m1/s1. The van der Waals surface area contributed by atoms with Gasteiger partial charge in [-0.15, -0.1) is 0 Å². The molecule has 4 atom stereocenters. The molecule has 1 spiro atoms. The molecule has 5 nitrogen and oxygen atoms in total. The van der Waals surface area contributed by atoms with Gasteiger partial charge in [-0.25, -0.2) is 0 Å². The topological polar surface area (TPSA) is 79.2 Å². The summed E-state index contributed by atoms with van der Waals surface area (Å²) in [5, 5.41) is 28.7. The largest absolute Gasteiger partial charge is 0.396 e. The molecule has 3 N–H and O–H groups in total. The van der Waals surface area contributed by atoms with E-state index >= 15 is 0 Å². The zero-order valence-corrected chi connectivity index (χ0v) is 9.34. The van der Waals surface area contributed by atoms with E-state index in [0.717, 1.165) is 12.8 Å². The lowest BCUT2D eigenvalue weighted by Crippen LogP contribution is -2.60. The van der Waals surface area contributed by atoms with Crippen LogP contribution in [0, 0.1) is 0 Å². The molecule has 0 aromatic carbocycles. The van der Waals surface area contributed by atoms with Crippen molar-refractivity contribution in [3.05, 3.63) is 0 Å². The van der Waals surface area contributed by atoms with Gasteiger partial charge < -0.3 is 24.8 Å². The second-order valence-corrected chi connectivity index (χ2v) is 4.62. The third kappa shape index (κ3) is 2.24. The molecule has 94 valence electrons. The minimum Gasteiger partial charge on any atom is -0.396 e. The van der Waals surface area contributed by atoms with E-state index in [2.05, 4.69) is 0 Å². The fourth-order valence-electron chi connectivity index (χ4n) is 2.53. The summed E-state index contributed by atoms with van der Waals surface area (Å²) < 4.78 is 11.3. The highest BCUT2D eigenvalue weighted by atomic mass is 16.7. The minimum absolute atomic E-state index is 0.0174. The number of rotatable bonds is 2. The van der Waals surface area contributed by atoms with E-state index in [-0.39, 0.29) is 12.7 Å². The average Bonchev–Trinajstić information content (AvgIpc) is 2.28. The van der Waals surface area contributed by atoms with E-state index < -0.39 is 18.0 Å². The zero-order valence-electron chi connectivity index (χ0n) is 9.34. The number of hydrogen-bond donors (Lipinski definition) is 3. The average molecular weight is 232 g/mol. The maximum atomic E-state index is 9.98. The molecule has 0 aromatic rings. The Morgan fingerprint density at radius 3 is 2.69 bits per heavy atom. The summed E-state index contributed by atoms with van der Waals surface area (Å²) in [7, 11) is 0. The van der Waals surface area contributed by atoms with Gasteiger partial charge in [0.15, 0.2) is 5.79 Å². The molecule has 2 rings (SSSR count). The summed E-state index contributed by atoms with van der Waals surface area (Å²) in [6, 6.07) is 0. The molecule has 0 aromatic heterocycles. The van der Waals surface area contributed by atoms with E-state index in [1.807, 2.05) is 0 Å². The van der Waals surface area contributed by atoms with Crippen LogP contribution in [0.3, 0.4) is 0 Å². The third-order valence-electron chi connectivity index (χ3n) is 3.40. The molecule has 2 aliphatic rings. The van der Waals surface area contributed by atoms with E-state index in [9.17, 15) is 10.2 Å². The smallest absolute Gasteiger partial charge is 0.197 e. The Balaban J connectivity index is 2.08. The van der Waals surface area contributed by atoms with Gasteiger partial charge >= 0.3 is 0 Å². The summed E-state index contributed by atoms with van der Waals surface area (Å²) in [6.07, 6.45) is 1.26. The second kappa shape index (κ2) is 4.98. The van der Waals surface area contributed by atoms with Gasteiger partial charge in [-0.1, -0.05) is 0 Å². The predicted molar refractivity (Wildman–Crippen MR) is 55.7 cm³/mol. The highest BCUT2D eigenvalue weighted by molar-refractivity contribution is 4.93. The number of aliphatic hydroxyl groups excluding tert-OH is 3. The Morgan fingerprint density at radius 1 is 1.25 bits per heavy atom. The van der Waals surface area contributed by atoms with Gasteiger partial charge in [-0.05, 0) is 19.3 Å². The van der Waals surface area contributed by atoms with Crippen molar-refractivity contribution in [3.63, 3.8) is 0 Å². The van der Waals surface area contributed by atoms with Crippen molar-refractivity contribution in [3.8, 4) is 0 Å². The molecular weight excluding hydrogens is 212 g/mol. The predicted octanol–water partition coefficient (Wildman–Crippen LogP) is -0.224. The monoisotopic (exact) mass is 232 g/mol. The van der Waals surface area contributed by atoms with Crippen molar-refractivity contribution in [2.24, 2.45) is 0 Å². The van der Waals surface area contributed by atoms with Crippen molar-refractivity contribution in [2.45, 2.75) is 56.2 Å². The van der Waals surface area contributed by atoms with Crippen LogP contribution < -0.4 is 0 Å². The van der Waals surface area contributed by atoms with Gasteiger partial charge in [0, 0.05) is 19.4 Å². The summed E-state index contributed by atoms with van der Waals surface area (Å²) >= 11 is 0. The first-order valence-corrected chi connectivity index (χ1v) is 5.97. The first kappa shape index (κ1) is 12.3. The Bertz CT molecular complexity index is 226. The molecule has 0 radical (unpaired) electrons.